The number of carbonyl (C=O) groups excluding carboxylic acids is 2. The number of nitrogens with zero attached hydrogens (tertiary/aromatic N) is 1. The molecule has 2 rings (SSSR count). The van der Waals surface area contributed by atoms with Gasteiger partial charge < -0.3 is 9.64 Å². The Morgan fingerprint density at radius 3 is 2.95 bits per heavy atom. The van der Waals surface area contributed by atoms with Gasteiger partial charge in [0.1, 0.15) is 0 Å². The van der Waals surface area contributed by atoms with Gasteiger partial charge in [0.25, 0.3) is 6.47 Å². The van der Waals surface area contributed by atoms with Gasteiger partial charge >= 0.3 is 0 Å². The summed E-state index contributed by atoms with van der Waals surface area (Å²) in [4.78, 5) is 24.4. The van der Waals surface area contributed by atoms with Crippen LogP contribution in [-0.2, 0) is 14.3 Å². The number of piperidine rings is 1. The van der Waals surface area contributed by atoms with Gasteiger partial charge in [-0.1, -0.05) is 28.0 Å². The molecule has 0 aliphatic carbocycles. The lowest BCUT2D eigenvalue weighted by Gasteiger charge is -2.34. The van der Waals surface area contributed by atoms with E-state index in [1.807, 2.05) is 21.6 Å². The summed E-state index contributed by atoms with van der Waals surface area (Å²) in [6, 6.07) is 0. The molecule has 2 saturated heterocycles. The molecular weight excluding hydrogens is 294 g/mol. The molecule has 0 saturated carbocycles. The van der Waals surface area contributed by atoms with Crippen molar-refractivity contribution < 1.29 is 14.3 Å². The van der Waals surface area contributed by atoms with Crippen molar-refractivity contribution in [1.29, 1.82) is 0 Å². The smallest absolute Gasteiger partial charge is 0.295 e. The Morgan fingerprint density at radius 1 is 1.30 bits per heavy atom. The third-order valence-corrected chi connectivity index (χ3v) is 6.88. The molecule has 0 radical (unpaired) electrons. The zero-order valence-electron chi connectivity index (χ0n) is 11.8. The molecule has 2 heterocycles. The van der Waals surface area contributed by atoms with Crippen LogP contribution in [0.3, 0.4) is 0 Å². The van der Waals surface area contributed by atoms with Crippen molar-refractivity contribution in [2.75, 3.05) is 12.3 Å². The second kappa shape index (κ2) is 8.82. The Kier molecular flexibility index (Phi) is 7.07. The summed E-state index contributed by atoms with van der Waals surface area (Å²) < 4.78 is 5.02. The Morgan fingerprint density at radius 2 is 2.20 bits per heavy atom. The van der Waals surface area contributed by atoms with Crippen LogP contribution in [0.2, 0.25) is 0 Å². The molecule has 0 aromatic heterocycles. The normalized spacial score (nSPS) is 26.5. The lowest BCUT2D eigenvalue weighted by atomic mass is 10.1. The number of hydrogen-bond acceptors (Lipinski definition) is 5. The van der Waals surface area contributed by atoms with Crippen molar-refractivity contribution in [3.05, 3.63) is 0 Å². The number of hydrogen-bond donors (Lipinski definition) is 0. The Balaban J connectivity index is 1.65. The fourth-order valence-electron chi connectivity index (χ4n) is 2.75. The largest absolute Gasteiger partial charge is 0.444 e. The van der Waals surface area contributed by atoms with E-state index in [0.717, 1.165) is 43.9 Å². The van der Waals surface area contributed by atoms with Gasteiger partial charge in [0, 0.05) is 30.4 Å². The van der Waals surface area contributed by atoms with Crippen LogP contribution >= 0.6 is 21.6 Å². The third kappa shape index (κ3) is 4.88. The summed E-state index contributed by atoms with van der Waals surface area (Å²) >= 11 is 0. The molecule has 0 N–H and O–H groups in total. The first-order valence-corrected chi connectivity index (χ1v) is 9.86. The van der Waals surface area contributed by atoms with E-state index in [2.05, 4.69) is 0 Å². The van der Waals surface area contributed by atoms with Crippen molar-refractivity contribution >= 4 is 34.0 Å². The molecule has 0 aromatic rings. The van der Waals surface area contributed by atoms with E-state index in [9.17, 15) is 9.59 Å². The van der Waals surface area contributed by atoms with Crippen LogP contribution in [0.5, 0.6) is 0 Å². The van der Waals surface area contributed by atoms with Gasteiger partial charge in [-0.25, -0.2) is 0 Å². The number of likely N-dealkylation sites (tertiary alicyclic amines) is 1. The summed E-state index contributed by atoms with van der Waals surface area (Å²) in [5.74, 6) is 1.41. The van der Waals surface area contributed by atoms with Gasteiger partial charge in [0.05, 0.1) is 0 Å². The summed E-state index contributed by atoms with van der Waals surface area (Å²) in [7, 11) is 3.97. The predicted octanol–water partition coefficient (Wildman–Crippen LogP) is 3.21. The molecule has 0 spiro atoms. The summed E-state index contributed by atoms with van der Waals surface area (Å²) in [6.07, 6.45) is 7.69. The van der Waals surface area contributed by atoms with Crippen LogP contribution in [0.15, 0.2) is 0 Å². The highest BCUT2D eigenvalue weighted by atomic mass is 33.1. The van der Waals surface area contributed by atoms with E-state index >= 15 is 0 Å². The molecule has 2 aliphatic rings. The first-order valence-electron chi connectivity index (χ1n) is 7.48. The van der Waals surface area contributed by atoms with Crippen molar-refractivity contribution in [2.24, 2.45) is 0 Å². The number of rotatable bonds is 7. The molecule has 114 valence electrons. The van der Waals surface area contributed by atoms with E-state index in [4.69, 9.17) is 4.74 Å². The van der Waals surface area contributed by atoms with Gasteiger partial charge in [-0.05, 0) is 32.1 Å². The van der Waals surface area contributed by atoms with Crippen molar-refractivity contribution in [2.45, 2.75) is 62.8 Å². The van der Waals surface area contributed by atoms with Gasteiger partial charge in [-0.15, -0.1) is 0 Å². The number of ether oxygens (including phenoxy) is 1. The third-order valence-electron chi connectivity index (χ3n) is 3.87. The average Bonchev–Trinajstić information content (AvgIpc) is 2.97. The SMILES string of the molecule is O=COC1CCCCN1C(=O)CCCCC1CCSS1. The minimum absolute atomic E-state index is 0.144. The highest BCUT2D eigenvalue weighted by Gasteiger charge is 2.27. The Labute approximate surface area is 128 Å². The summed E-state index contributed by atoms with van der Waals surface area (Å²) in [5.41, 5.74) is 0. The van der Waals surface area contributed by atoms with E-state index in [0.29, 0.717) is 12.9 Å². The van der Waals surface area contributed by atoms with Gasteiger partial charge in [0.15, 0.2) is 6.23 Å². The van der Waals surface area contributed by atoms with Crippen LogP contribution in [0.1, 0.15) is 51.4 Å². The topological polar surface area (TPSA) is 46.6 Å². The van der Waals surface area contributed by atoms with Gasteiger partial charge in [-0.2, -0.15) is 0 Å². The van der Waals surface area contributed by atoms with Crippen LogP contribution < -0.4 is 0 Å². The quantitative estimate of drug-likeness (QED) is 0.410. The lowest BCUT2D eigenvalue weighted by molar-refractivity contribution is -0.158. The van der Waals surface area contributed by atoms with Crippen LogP contribution in [0.4, 0.5) is 0 Å². The van der Waals surface area contributed by atoms with E-state index in [1.54, 1.807) is 4.90 Å². The Bertz CT molecular complexity index is 322. The molecule has 6 heteroatoms. The standard InChI is InChI=1S/C14H23NO3S2/c16-11-18-14-7-3-4-9-15(14)13(17)6-2-1-5-12-8-10-19-20-12/h11-12,14H,1-10H2. The minimum Gasteiger partial charge on any atom is -0.444 e. The number of unbranched alkanes of at least 4 members (excludes halogenated alkanes) is 1. The molecule has 2 atom stereocenters. The maximum Gasteiger partial charge on any atom is 0.295 e. The maximum atomic E-state index is 12.2. The molecule has 20 heavy (non-hydrogen) atoms. The second-order valence-corrected chi connectivity index (χ2v) is 8.13. The summed E-state index contributed by atoms with van der Waals surface area (Å²) in [5, 5.41) is 0.788. The van der Waals surface area contributed by atoms with Gasteiger partial charge in [0.2, 0.25) is 5.91 Å². The minimum atomic E-state index is -0.324. The molecular formula is C14H23NO3S2. The van der Waals surface area contributed by atoms with E-state index < -0.39 is 0 Å². The van der Waals surface area contributed by atoms with Crippen molar-refractivity contribution in [3.8, 4) is 0 Å². The number of carbonyl (C=O) groups is 2. The molecule has 2 unspecified atom stereocenters. The lowest BCUT2D eigenvalue weighted by Crippen LogP contribution is -2.45. The van der Waals surface area contributed by atoms with E-state index in [1.165, 1.54) is 18.6 Å². The van der Waals surface area contributed by atoms with Crippen LogP contribution in [0, 0.1) is 0 Å². The van der Waals surface area contributed by atoms with Crippen molar-refractivity contribution in [1.82, 2.24) is 4.90 Å². The maximum absolute atomic E-state index is 12.2. The average molecular weight is 317 g/mol. The first-order chi connectivity index (χ1) is 9.81. The fourth-order valence-corrected chi connectivity index (χ4v) is 5.78. The number of amides is 1. The van der Waals surface area contributed by atoms with Crippen LogP contribution in [-0.4, -0.2) is 41.1 Å². The zero-order chi connectivity index (χ0) is 14.2. The fraction of sp³-hybridized carbons (Fsp3) is 0.857. The van der Waals surface area contributed by atoms with Gasteiger partial charge in [-0.3, -0.25) is 9.59 Å². The van der Waals surface area contributed by atoms with Crippen molar-refractivity contribution in [3.63, 3.8) is 0 Å². The molecule has 4 nitrogen and oxygen atoms in total. The monoisotopic (exact) mass is 317 g/mol. The molecule has 0 bridgehead atoms. The predicted molar refractivity (Wildman–Crippen MR) is 83.4 cm³/mol. The molecule has 1 amide bonds. The van der Waals surface area contributed by atoms with Crippen LogP contribution in [0.25, 0.3) is 0 Å². The Hall–Kier alpha value is -0.360. The molecule has 2 fully saturated rings. The summed E-state index contributed by atoms with van der Waals surface area (Å²) in [6.45, 7) is 1.19. The molecule has 2 aliphatic heterocycles. The highest BCUT2D eigenvalue weighted by molar-refractivity contribution is 8.77. The van der Waals surface area contributed by atoms with E-state index in [-0.39, 0.29) is 12.1 Å². The first kappa shape index (κ1) is 16.0. The zero-order valence-corrected chi connectivity index (χ0v) is 13.4. The molecule has 0 aromatic carbocycles. The second-order valence-electron chi connectivity index (χ2n) is 5.34. The highest BCUT2D eigenvalue weighted by Crippen LogP contribution is 2.39.